The number of carbonyl (C=O) groups is 2. The summed E-state index contributed by atoms with van der Waals surface area (Å²) in [7, 11) is 0. The zero-order valence-electron chi connectivity index (χ0n) is 23.2. The number of ether oxygens (including phenoxy) is 1. The number of anilines is 2. The Hall–Kier alpha value is -3.59. The van der Waals surface area contributed by atoms with Crippen molar-refractivity contribution in [1.29, 1.82) is 0 Å². The summed E-state index contributed by atoms with van der Waals surface area (Å²) >= 11 is 0. The second-order valence-electron chi connectivity index (χ2n) is 11.0. The van der Waals surface area contributed by atoms with Gasteiger partial charge in [-0.15, -0.1) is 0 Å². The molecule has 0 radical (unpaired) electrons. The number of hydrogen-bond acceptors (Lipinski definition) is 7. The van der Waals surface area contributed by atoms with E-state index in [1.54, 1.807) is 0 Å². The summed E-state index contributed by atoms with van der Waals surface area (Å²) in [4.78, 5) is 33.4. The Labute approximate surface area is 231 Å². The molecule has 2 saturated heterocycles. The van der Waals surface area contributed by atoms with Crippen LogP contribution in [0.2, 0.25) is 0 Å². The number of fused-ring (bicyclic) bond motifs is 1. The molecule has 3 heterocycles. The van der Waals surface area contributed by atoms with Gasteiger partial charge in [0.1, 0.15) is 24.4 Å². The van der Waals surface area contributed by atoms with Gasteiger partial charge in [0.2, 0.25) is 11.8 Å². The van der Waals surface area contributed by atoms with Gasteiger partial charge < -0.3 is 30.5 Å². The van der Waals surface area contributed by atoms with Gasteiger partial charge in [-0.2, -0.15) is 0 Å². The number of rotatable bonds is 9. The highest BCUT2D eigenvalue weighted by molar-refractivity contribution is 6.05. The minimum atomic E-state index is -0.0511. The highest BCUT2D eigenvalue weighted by atomic mass is 16.5. The van der Waals surface area contributed by atoms with Gasteiger partial charge in [-0.1, -0.05) is 26.0 Å². The lowest BCUT2D eigenvalue weighted by molar-refractivity contribution is -0.128. The summed E-state index contributed by atoms with van der Waals surface area (Å²) in [6.45, 7) is 10.2. The topological polar surface area (TPSA) is 98.3 Å². The van der Waals surface area contributed by atoms with E-state index in [1.807, 2.05) is 36.1 Å². The first kappa shape index (κ1) is 27.0. The second kappa shape index (κ2) is 12.1. The maximum atomic E-state index is 12.5. The molecule has 2 amide bonds. The molecular formula is C30H40N6O3. The zero-order valence-corrected chi connectivity index (χ0v) is 23.2. The molecule has 9 nitrogen and oxygen atoms in total. The van der Waals surface area contributed by atoms with Crippen LogP contribution in [0.15, 0.2) is 47.5 Å². The Balaban J connectivity index is 1.12. The van der Waals surface area contributed by atoms with Crippen molar-refractivity contribution in [2.24, 2.45) is 4.99 Å². The molecule has 2 aromatic carbocycles. The Kier molecular flexibility index (Phi) is 8.35. The van der Waals surface area contributed by atoms with Gasteiger partial charge in [-0.25, -0.2) is 4.99 Å². The SMILES string of the molecule is CC1N=C(N2CCC(NCC(=O)Nc3ccc(C(C)C)cc3)C2)c2ccc(OCCN3CCCC3=O)cc2N1. The fourth-order valence-corrected chi connectivity index (χ4v) is 5.42. The van der Waals surface area contributed by atoms with E-state index in [9.17, 15) is 9.59 Å². The fraction of sp³-hybridized carbons (Fsp3) is 0.500. The van der Waals surface area contributed by atoms with E-state index in [1.165, 1.54) is 5.56 Å². The van der Waals surface area contributed by atoms with Gasteiger partial charge >= 0.3 is 0 Å². The molecule has 3 N–H and O–H groups in total. The third-order valence-electron chi connectivity index (χ3n) is 7.61. The van der Waals surface area contributed by atoms with E-state index in [2.05, 4.69) is 52.9 Å². The molecule has 2 aromatic rings. The maximum absolute atomic E-state index is 12.5. The van der Waals surface area contributed by atoms with Crippen LogP contribution < -0.4 is 20.7 Å². The molecule has 39 heavy (non-hydrogen) atoms. The van der Waals surface area contributed by atoms with E-state index in [0.717, 1.165) is 61.0 Å². The standard InChI is InChI=1S/C30H40N6O3/c1-20(2)22-6-8-23(9-7-22)34-28(37)18-31-24-12-14-36(19-24)30-26-11-10-25(17-27(26)32-21(3)33-30)39-16-15-35-13-4-5-29(35)38/h6-11,17,20-21,24,31-32H,4-5,12-16,18-19H2,1-3H3,(H,34,37). The molecule has 0 saturated carbocycles. The molecule has 208 valence electrons. The van der Waals surface area contributed by atoms with Crippen LogP contribution in [0.25, 0.3) is 0 Å². The summed E-state index contributed by atoms with van der Waals surface area (Å²) in [5.41, 5.74) is 4.13. The number of carbonyl (C=O) groups excluding carboxylic acids is 2. The van der Waals surface area contributed by atoms with Crippen molar-refractivity contribution in [3.8, 4) is 5.75 Å². The molecule has 3 aliphatic heterocycles. The van der Waals surface area contributed by atoms with Crippen molar-refractivity contribution >= 4 is 29.0 Å². The van der Waals surface area contributed by atoms with Crippen molar-refractivity contribution in [1.82, 2.24) is 15.1 Å². The summed E-state index contributed by atoms with van der Waals surface area (Å²) in [5.74, 6) is 2.41. The van der Waals surface area contributed by atoms with E-state index in [4.69, 9.17) is 9.73 Å². The average molecular weight is 533 g/mol. The van der Waals surface area contributed by atoms with Crippen LogP contribution in [0.5, 0.6) is 5.75 Å². The number of amides is 2. The smallest absolute Gasteiger partial charge is 0.238 e. The monoisotopic (exact) mass is 532 g/mol. The highest BCUT2D eigenvalue weighted by Gasteiger charge is 2.29. The van der Waals surface area contributed by atoms with Gasteiger partial charge in [-0.3, -0.25) is 9.59 Å². The molecule has 2 atom stereocenters. The van der Waals surface area contributed by atoms with Crippen molar-refractivity contribution in [2.75, 3.05) is 50.0 Å². The molecule has 0 aromatic heterocycles. The predicted molar refractivity (Wildman–Crippen MR) is 155 cm³/mol. The number of nitrogens with one attached hydrogen (secondary N) is 3. The third kappa shape index (κ3) is 6.71. The number of benzene rings is 2. The summed E-state index contributed by atoms with van der Waals surface area (Å²) in [6, 6.07) is 14.3. The minimum Gasteiger partial charge on any atom is -0.492 e. The highest BCUT2D eigenvalue weighted by Crippen LogP contribution is 2.30. The summed E-state index contributed by atoms with van der Waals surface area (Å²) < 4.78 is 5.97. The number of nitrogens with zero attached hydrogens (tertiary/aromatic N) is 3. The first-order valence-corrected chi connectivity index (χ1v) is 14.1. The van der Waals surface area contributed by atoms with Crippen LogP contribution in [-0.4, -0.2) is 79.0 Å². The molecule has 3 aliphatic rings. The lowest BCUT2D eigenvalue weighted by Crippen LogP contribution is -2.40. The molecule has 0 spiro atoms. The summed E-state index contributed by atoms with van der Waals surface area (Å²) in [5, 5.41) is 9.86. The Morgan fingerprint density at radius 2 is 2.00 bits per heavy atom. The minimum absolute atomic E-state index is 0.0365. The number of amidine groups is 1. The normalized spacial score (nSPS) is 20.6. The van der Waals surface area contributed by atoms with Crippen molar-refractivity contribution in [3.63, 3.8) is 0 Å². The van der Waals surface area contributed by atoms with Gasteiger partial charge in [0, 0.05) is 49.4 Å². The lowest BCUT2D eigenvalue weighted by Gasteiger charge is -2.29. The maximum Gasteiger partial charge on any atom is 0.238 e. The number of hydrogen-bond donors (Lipinski definition) is 3. The van der Waals surface area contributed by atoms with Crippen molar-refractivity contribution in [3.05, 3.63) is 53.6 Å². The molecule has 0 bridgehead atoms. The largest absolute Gasteiger partial charge is 0.492 e. The van der Waals surface area contributed by atoms with Gasteiger partial charge in [0.15, 0.2) is 0 Å². The quantitative estimate of drug-likeness (QED) is 0.456. The summed E-state index contributed by atoms with van der Waals surface area (Å²) in [6.07, 6.45) is 2.48. The van der Waals surface area contributed by atoms with E-state index >= 15 is 0 Å². The van der Waals surface area contributed by atoms with Gasteiger partial charge in [-0.05, 0) is 55.5 Å². The molecule has 9 heteroatoms. The van der Waals surface area contributed by atoms with Crippen LogP contribution in [0.3, 0.4) is 0 Å². The van der Waals surface area contributed by atoms with E-state index in [0.29, 0.717) is 25.5 Å². The van der Waals surface area contributed by atoms with Crippen LogP contribution in [0.4, 0.5) is 11.4 Å². The predicted octanol–water partition coefficient (Wildman–Crippen LogP) is 3.63. The van der Waals surface area contributed by atoms with Gasteiger partial charge in [0.05, 0.1) is 18.8 Å². The number of likely N-dealkylation sites (tertiary alicyclic amines) is 2. The van der Waals surface area contributed by atoms with Crippen LogP contribution >= 0.6 is 0 Å². The first-order valence-electron chi connectivity index (χ1n) is 14.1. The van der Waals surface area contributed by atoms with Crippen LogP contribution in [-0.2, 0) is 9.59 Å². The van der Waals surface area contributed by atoms with Crippen LogP contribution in [0.1, 0.15) is 57.1 Å². The Morgan fingerprint density at radius 1 is 1.18 bits per heavy atom. The zero-order chi connectivity index (χ0) is 27.4. The average Bonchev–Trinajstić information content (AvgIpc) is 3.56. The lowest BCUT2D eigenvalue weighted by atomic mass is 10.0. The Bertz CT molecular complexity index is 1210. The Morgan fingerprint density at radius 3 is 2.74 bits per heavy atom. The molecule has 5 rings (SSSR count). The molecule has 2 unspecified atom stereocenters. The van der Waals surface area contributed by atoms with E-state index in [-0.39, 0.29) is 30.6 Å². The second-order valence-corrected chi connectivity index (χ2v) is 11.0. The van der Waals surface area contributed by atoms with Gasteiger partial charge in [0.25, 0.3) is 0 Å². The third-order valence-corrected chi connectivity index (χ3v) is 7.61. The molecule has 2 fully saturated rings. The fourth-order valence-electron chi connectivity index (χ4n) is 5.42. The van der Waals surface area contributed by atoms with Crippen LogP contribution in [0, 0.1) is 0 Å². The van der Waals surface area contributed by atoms with Crippen molar-refractivity contribution in [2.45, 2.75) is 58.2 Å². The molecule has 0 aliphatic carbocycles. The van der Waals surface area contributed by atoms with E-state index < -0.39 is 0 Å². The number of aliphatic imine (C=N–C) groups is 1. The first-order chi connectivity index (χ1) is 18.9. The van der Waals surface area contributed by atoms with Crippen molar-refractivity contribution < 1.29 is 14.3 Å². The molecular weight excluding hydrogens is 492 g/mol.